The van der Waals surface area contributed by atoms with E-state index in [-0.39, 0.29) is 21.7 Å². The average Bonchev–Trinajstić information content (AvgIpc) is 3.27. The molecule has 0 radical (unpaired) electrons. The van der Waals surface area contributed by atoms with Crippen LogP contribution in [0.2, 0.25) is 10.5 Å². The Kier molecular flexibility index (Phi) is 10.6. The van der Waals surface area contributed by atoms with Gasteiger partial charge in [-0.3, -0.25) is 0 Å². The molecule has 0 amide bonds. The molecule has 4 heteroatoms. The van der Waals surface area contributed by atoms with Crippen molar-refractivity contribution in [1.29, 1.82) is 0 Å². The van der Waals surface area contributed by atoms with E-state index in [1.807, 2.05) is 18.2 Å². The fourth-order valence-corrected chi connectivity index (χ4v) is 8.27. The molecule has 254 valence electrons. The van der Waals surface area contributed by atoms with Crippen molar-refractivity contribution in [3.63, 3.8) is 0 Å². The molecule has 1 heterocycles. The number of aliphatic hydroxyl groups excluding tert-OH is 1. The fourth-order valence-electron chi connectivity index (χ4n) is 7.82. The van der Waals surface area contributed by atoms with Gasteiger partial charge in [-0.15, -0.1) is 11.6 Å². The average molecular weight is 690 g/mol. The number of hydrogen-bond donors (Lipinski definition) is 1. The Bertz CT molecular complexity index is 1670. The van der Waals surface area contributed by atoms with E-state index in [0.29, 0.717) is 25.6 Å². The van der Waals surface area contributed by atoms with Gasteiger partial charge >= 0.3 is 29.6 Å². The molecule has 1 aliphatic carbocycles. The number of fused-ring (bicyclic) bond motifs is 3. The maximum atomic E-state index is 12.6. The third-order valence-corrected chi connectivity index (χ3v) is 10.8. The summed E-state index contributed by atoms with van der Waals surface area (Å²) in [5.41, 5.74) is 5.99. The molecular weight excluding hydrogens is 630 g/mol. The Labute approximate surface area is 300 Å². The summed E-state index contributed by atoms with van der Waals surface area (Å²) in [6, 6.07) is 24.2. The van der Waals surface area contributed by atoms with Crippen molar-refractivity contribution in [3.05, 3.63) is 89.5 Å². The normalized spacial score (nSPS) is 22.6. The summed E-state index contributed by atoms with van der Waals surface area (Å²) in [4.78, 5) is -0.695. The monoisotopic (exact) mass is 689 g/mol. The molecule has 0 aliphatic heterocycles. The van der Waals surface area contributed by atoms with Gasteiger partial charge in [0.2, 0.25) is 0 Å². The number of rotatable bonds is 4. The molecule has 3 unspecified atom stereocenters. The molecule has 0 fully saturated rings. The minimum atomic E-state index is -0.759. The van der Waals surface area contributed by atoms with Crippen LogP contribution < -0.4 is 0 Å². The molecule has 1 aromatic heterocycles. The van der Waals surface area contributed by atoms with Gasteiger partial charge in [0.05, 0.1) is 10.4 Å². The zero-order valence-electron chi connectivity index (χ0n) is 31.7. The molecular formula is C43H60ClNOTi. The minimum absolute atomic E-state index is 0.0179. The van der Waals surface area contributed by atoms with Crippen LogP contribution in [0.1, 0.15) is 113 Å². The van der Waals surface area contributed by atoms with Crippen molar-refractivity contribution in [2.75, 3.05) is 0 Å². The van der Waals surface area contributed by atoms with E-state index in [9.17, 15) is 5.11 Å². The molecule has 1 aliphatic rings. The van der Waals surface area contributed by atoms with Crippen LogP contribution in [0.5, 0.6) is 0 Å². The van der Waals surface area contributed by atoms with E-state index in [1.165, 1.54) is 21.9 Å². The van der Waals surface area contributed by atoms with Gasteiger partial charge in [-0.1, -0.05) is 125 Å². The summed E-state index contributed by atoms with van der Waals surface area (Å²) in [5, 5.41) is 19.5. The molecule has 3 aromatic carbocycles. The second-order valence-electron chi connectivity index (χ2n) is 18.2. The van der Waals surface area contributed by atoms with Crippen LogP contribution in [0.25, 0.3) is 27.4 Å². The Balaban J connectivity index is 0.00000160. The van der Waals surface area contributed by atoms with Gasteiger partial charge in [-0.2, -0.15) is 0 Å². The van der Waals surface area contributed by atoms with E-state index in [4.69, 9.17) is 11.6 Å². The number of alkyl halides is 1. The first-order valence-electron chi connectivity index (χ1n) is 17.3. The van der Waals surface area contributed by atoms with E-state index in [1.54, 1.807) is 0 Å². The van der Waals surface area contributed by atoms with E-state index < -0.39 is 16.5 Å². The second-order valence-corrected chi connectivity index (χ2v) is 20.4. The van der Waals surface area contributed by atoms with Crippen LogP contribution in [-0.4, -0.2) is 20.7 Å². The van der Waals surface area contributed by atoms with Crippen LogP contribution in [0.4, 0.5) is 0 Å². The number of aliphatic hydroxyl groups is 1. The summed E-state index contributed by atoms with van der Waals surface area (Å²) in [6.45, 7) is 27.4. The maximum absolute atomic E-state index is 12.6. The van der Waals surface area contributed by atoms with Crippen molar-refractivity contribution in [2.45, 2.75) is 134 Å². The van der Waals surface area contributed by atoms with Crippen molar-refractivity contribution in [1.82, 2.24) is 4.57 Å². The van der Waals surface area contributed by atoms with Gasteiger partial charge in [0, 0.05) is 21.8 Å². The van der Waals surface area contributed by atoms with Crippen LogP contribution in [0.3, 0.4) is 0 Å². The number of benzene rings is 3. The van der Waals surface area contributed by atoms with E-state index >= 15 is 0 Å². The SMILES string of the molecule is CC(C)(C)CC(C)(C)C1(Cl)C=C(c2ccccc2)C(O)C(C)(n2c3ccc(C(C)(C)C)cc3c3cc(C(C)(C)C)ccc32)C1.[CH3][Ti][CH3]. The first-order chi connectivity index (χ1) is 21.5. The molecule has 0 saturated heterocycles. The Morgan fingerprint density at radius 3 is 1.62 bits per heavy atom. The van der Waals surface area contributed by atoms with Gasteiger partial charge in [0.1, 0.15) is 6.10 Å². The molecule has 0 saturated carbocycles. The molecule has 1 N–H and O–H groups in total. The number of aromatic nitrogens is 1. The third-order valence-electron chi connectivity index (χ3n) is 10.1. The summed E-state index contributed by atoms with van der Waals surface area (Å²) in [7, 11) is 0. The van der Waals surface area contributed by atoms with Crippen molar-refractivity contribution in [3.8, 4) is 0 Å². The molecule has 0 bridgehead atoms. The van der Waals surface area contributed by atoms with Gasteiger partial charge in [-0.05, 0) is 88.0 Å². The topological polar surface area (TPSA) is 25.2 Å². The molecule has 2 nitrogen and oxygen atoms in total. The Hall–Kier alpha value is -1.84. The van der Waals surface area contributed by atoms with Crippen LogP contribution in [0, 0.1) is 10.8 Å². The van der Waals surface area contributed by atoms with Crippen molar-refractivity contribution in [2.24, 2.45) is 10.8 Å². The predicted octanol–water partition coefficient (Wildman–Crippen LogP) is 12.6. The Morgan fingerprint density at radius 2 is 1.21 bits per heavy atom. The zero-order valence-corrected chi connectivity index (χ0v) is 34.0. The van der Waals surface area contributed by atoms with Gasteiger partial charge in [0.15, 0.2) is 0 Å². The summed E-state index contributed by atoms with van der Waals surface area (Å²) < 4.78 is 2.43. The zero-order chi connectivity index (χ0) is 35.4. The number of halogens is 1. The van der Waals surface area contributed by atoms with Crippen LogP contribution >= 0.6 is 11.6 Å². The second kappa shape index (κ2) is 13.1. The number of nitrogens with zero attached hydrogens (tertiary/aromatic N) is 1. The van der Waals surface area contributed by atoms with Crippen LogP contribution in [0.15, 0.2) is 72.8 Å². The summed E-state index contributed by atoms with van der Waals surface area (Å²) >= 11 is 8.46. The van der Waals surface area contributed by atoms with Crippen molar-refractivity contribution < 1.29 is 24.3 Å². The van der Waals surface area contributed by atoms with Crippen molar-refractivity contribution >= 4 is 39.0 Å². The molecule has 3 atom stereocenters. The molecule has 0 spiro atoms. The quantitative estimate of drug-likeness (QED) is 0.167. The standard InChI is InChI=1S/C41H54ClNO.2CH3.Ti/c1-36(2,3)25-39(10,11)41(42)24-32(27-16-14-13-15-17-27)35(44)40(12,26-41)43-33-20-18-28(37(4,5)6)22-30(33)31-23-29(38(7,8)9)19-21-34(31)43;;;/h13-24,35,44H,25-26H2,1-12H3;2*1H3;. The van der Waals surface area contributed by atoms with E-state index in [2.05, 4.69) is 153 Å². The first-order valence-corrected chi connectivity index (χ1v) is 20.8. The number of hydrogen-bond acceptors (Lipinski definition) is 1. The summed E-state index contributed by atoms with van der Waals surface area (Å²) in [6.07, 6.45) is 2.99. The molecule has 47 heavy (non-hydrogen) atoms. The van der Waals surface area contributed by atoms with Gasteiger partial charge < -0.3 is 9.67 Å². The van der Waals surface area contributed by atoms with Crippen LogP contribution in [-0.2, 0) is 35.5 Å². The van der Waals surface area contributed by atoms with Gasteiger partial charge in [-0.25, -0.2) is 0 Å². The number of allylic oxidation sites excluding steroid dienone is 1. The predicted molar refractivity (Wildman–Crippen MR) is 204 cm³/mol. The van der Waals surface area contributed by atoms with E-state index in [0.717, 1.165) is 28.6 Å². The third kappa shape index (κ3) is 7.52. The first kappa shape index (κ1) is 38.0. The summed E-state index contributed by atoms with van der Waals surface area (Å²) in [5.74, 6) is 0. The molecule has 5 rings (SSSR count). The van der Waals surface area contributed by atoms with Gasteiger partial charge in [0.25, 0.3) is 0 Å². The molecule has 4 aromatic rings. The Morgan fingerprint density at radius 1 is 0.766 bits per heavy atom. The fraction of sp³-hybridized carbons (Fsp3) is 0.535.